The van der Waals surface area contributed by atoms with E-state index in [-0.39, 0.29) is 11.8 Å². The number of pyridine rings is 1. The molecular weight excluding hydrogens is 371 g/mol. The van der Waals surface area contributed by atoms with E-state index in [0.29, 0.717) is 35.2 Å². The number of hydrogen-bond acceptors (Lipinski definition) is 6. The van der Waals surface area contributed by atoms with Crippen LogP contribution in [0, 0.1) is 0 Å². The lowest BCUT2D eigenvalue weighted by Gasteiger charge is -2.39. The van der Waals surface area contributed by atoms with Gasteiger partial charge in [-0.05, 0) is 30.9 Å². The molecule has 3 atom stereocenters. The zero-order valence-electron chi connectivity index (χ0n) is 15.7. The van der Waals surface area contributed by atoms with Crippen LogP contribution in [0.25, 0.3) is 23.2 Å². The van der Waals surface area contributed by atoms with Gasteiger partial charge < -0.3 is 10.4 Å². The van der Waals surface area contributed by atoms with E-state index >= 15 is 0 Å². The van der Waals surface area contributed by atoms with Crippen LogP contribution < -0.4 is 5.32 Å². The fourth-order valence-corrected chi connectivity index (χ4v) is 4.15. The fourth-order valence-electron chi connectivity index (χ4n) is 4.15. The zero-order valence-corrected chi connectivity index (χ0v) is 15.7. The number of imidazole rings is 1. The molecule has 0 saturated carbocycles. The molecule has 2 saturated heterocycles. The number of fused-ring (bicyclic) bond motifs is 2. The molecule has 0 aromatic carbocycles. The molecule has 7 nitrogen and oxygen atoms in total. The molecule has 29 heavy (non-hydrogen) atoms. The normalized spacial score (nSPS) is 25.3. The van der Waals surface area contributed by atoms with Gasteiger partial charge in [-0.2, -0.15) is 0 Å². The number of aromatic nitrogens is 5. The maximum absolute atomic E-state index is 14.7. The first-order chi connectivity index (χ1) is 14.2. The third kappa shape index (κ3) is 3.51. The number of alkyl halides is 1. The highest BCUT2D eigenvalue weighted by atomic mass is 19.1. The van der Waals surface area contributed by atoms with E-state index in [1.807, 2.05) is 6.08 Å². The Morgan fingerprint density at radius 3 is 2.86 bits per heavy atom. The maximum atomic E-state index is 14.7. The summed E-state index contributed by atoms with van der Waals surface area (Å²) in [6.07, 6.45) is 14.3. The standard InChI is InChI=1S/C21H21FN6O/c22-21-13(6-14-2-1-3-17(21)27-14)7-15-9-25-18(11-24-15)16-10-26-20(8-19(16)29)28-5-4-23-12-28/h4-5,7-12,14,17,21,27H,1-3,6H2,(H,26,29)/b13-7+/t14-,17+,21+/m1/s1. The van der Waals surface area contributed by atoms with Crippen LogP contribution in [0.1, 0.15) is 31.4 Å². The van der Waals surface area contributed by atoms with E-state index in [4.69, 9.17) is 0 Å². The van der Waals surface area contributed by atoms with Crippen molar-refractivity contribution in [2.24, 2.45) is 0 Å². The van der Waals surface area contributed by atoms with Crippen molar-refractivity contribution in [2.45, 2.75) is 43.9 Å². The molecule has 2 N–H and O–H groups in total. The molecule has 2 aliphatic rings. The second-order valence-electron chi connectivity index (χ2n) is 7.58. The highest BCUT2D eigenvalue weighted by Gasteiger charge is 2.36. The molecule has 5 heterocycles. The highest BCUT2D eigenvalue weighted by molar-refractivity contribution is 5.66. The summed E-state index contributed by atoms with van der Waals surface area (Å²) >= 11 is 0. The van der Waals surface area contributed by atoms with Crippen LogP contribution in [0.2, 0.25) is 0 Å². The molecule has 3 aromatic heterocycles. The first-order valence-electron chi connectivity index (χ1n) is 9.78. The Bertz CT molecular complexity index is 1030. The Hall–Kier alpha value is -3.13. The summed E-state index contributed by atoms with van der Waals surface area (Å²) in [4.78, 5) is 17.1. The van der Waals surface area contributed by atoms with Crippen LogP contribution in [-0.2, 0) is 0 Å². The smallest absolute Gasteiger partial charge is 0.141 e. The molecular formula is C21H21FN6O. The van der Waals surface area contributed by atoms with Gasteiger partial charge in [-0.1, -0.05) is 6.42 Å². The summed E-state index contributed by atoms with van der Waals surface area (Å²) in [7, 11) is 0. The zero-order chi connectivity index (χ0) is 19.8. The van der Waals surface area contributed by atoms with Gasteiger partial charge in [-0.25, -0.2) is 14.4 Å². The van der Waals surface area contributed by atoms with Crippen LogP contribution in [0.5, 0.6) is 5.75 Å². The van der Waals surface area contributed by atoms with Gasteiger partial charge in [0.2, 0.25) is 0 Å². The van der Waals surface area contributed by atoms with E-state index in [1.165, 1.54) is 0 Å². The summed E-state index contributed by atoms with van der Waals surface area (Å²) in [5, 5.41) is 13.8. The number of rotatable bonds is 3. The van der Waals surface area contributed by atoms with Crippen molar-refractivity contribution in [3.8, 4) is 22.8 Å². The van der Waals surface area contributed by atoms with Crippen LogP contribution in [0.15, 0.2) is 49.0 Å². The van der Waals surface area contributed by atoms with Gasteiger partial charge in [-0.15, -0.1) is 0 Å². The van der Waals surface area contributed by atoms with Crippen LogP contribution in [0.3, 0.4) is 0 Å². The number of piperidine rings is 2. The Labute approximate surface area is 167 Å². The van der Waals surface area contributed by atoms with Gasteiger partial charge in [0, 0.05) is 36.7 Å². The molecule has 2 fully saturated rings. The highest BCUT2D eigenvalue weighted by Crippen LogP contribution is 2.33. The van der Waals surface area contributed by atoms with E-state index in [1.54, 1.807) is 47.9 Å². The summed E-state index contributed by atoms with van der Waals surface area (Å²) < 4.78 is 16.4. The number of nitrogens with zero attached hydrogens (tertiary/aromatic N) is 5. The summed E-state index contributed by atoms with van der Waals surface area (Å²) in [6.45, 7) is 0. The Morgan fingerprint density at radius 1 is 1.17 bits per heavy atom. The van der Waals surface area contributed by atoms with Crippen molar-refractivity contribution in [3.05, 3.63) is 54.6 Å². The summed E-state index contributed by atoms with van der Waals surface area (Å²) in [6, 6.07) is 1.82. The van der Waals surface area contributed by atoms with Crippen molar-refractivity contribution in [2.75, 3.05) is 0 Å². The third-order valence-corrected chi connectivity index (χ3v) is 5.62. The monoisotopic (exact) mass is 392 g/mol. The lowest BCUT2D eigenvalue weighted by molar-refractivity contribution is 0.179. The van der Waals surface area contributed by atoms with Gasteiger partial charge in [-0.3, -0.25) is 14.5 Å². The molecule has 0 unspecified atom stereocenters. The maximum Gasteiger partial charge on any atom is 0.141 e. The van der Waals surface area contributed by atoms with E-state index in [2.05, 4.69) is 25.3 Å². The Morgan fingerprint density at radius 2 is 2.10 bits per heavy atom. The molecule has 0 spiro atoms. The minimum absolute atomic E-state index is 0.0547. The van der Waals surface area contributed by atoms with Gasteiger partial charge in [0.25, 0.3) is 0 Å². The molecule has 0 radical (unpaired) electrons. The Kier molecular flexibility index (Phi) is 4.55. The first kappa shape index (κ1) is 17.9. The van der Waals surface area contributed by atoms with Gasteiger partial charge in [0.15, 0.2) is 0 Å². The molecule has 0 aliphatic carbocycles. The van der Waals surface area contributed by atoms with Crippen molar-refractivity contribution in [1.29, 1.82) is 0 Å². The number of hydrogen-bond donors (Lipinski definition) is 2. The molecule has 2 aliphatic heterocycles. The molecule has 8 heteroatoms. The van der Waals surface area contributed by atoms with E-state index < -0.39 is 6.17 Å². The van der Waals surface area contributed by atoms with Gasteiger partial charge >= 0.3 is 0 Å². The van der Waals surface area contributed by atoms with Gasteiger partial charge in [0.1, 0.15) is 24.1 Å². The predicted octanol–water partition coefficient (Wildman–Crippen LogP) is 3.07. The minimum atomic E-state index is -0.975. The molecule has 148 valence electrons. The van der Waals surface area contributed by atoms with Crippen molar-refractivity contribution < 1.29 is 9.50 Å². The SMILES string of the molecule is Oc1cc(-n2ccnc2)ncc1-c1cnc(/C=C2\C[C@H]3CCC[C@H](N3)[C@H]2F)cn1. The molecule has 0 amide bonds. The number of nitrogens with one attached hydrogen (secondary N) is 1. The topological polar surface area (TPSA) is 88.8 Å². The lowest BCUT2D eigenvalue weighted by Crippen LogP contribution is -2.52. The molecule has 2 bridgehead atoms. The first-order valence-corrected chi connectivity index (χ1v) is 9.78. The fraction of sp³-hybridized carbons (Fsp3) is 0.333. The van der Waals surface area contributed by atoms with Crippen LogP contribution >= 0.6 is 0 Å². The summed E-state index contributed by atoms with van der Waals surface area (Å²) in [5.74, 6) is 0.614. The average molecular weight is 392 g/mol. The van der Waals surface area contributed by atoms with E-state index in [0.717, 1.165) is 24.8 Å². The van der Waals surface area contributed by atoms with Crippen LogP contribution in [0.4, 0.5) is 4.39 Å². The van der Waals surface area contributed by atoms with E-state index in [9.17, 15) is 9.50 Å². The molecule has 5 rings (SSSR count). The lowest BCUT2D eigenvalue weighted by atomic mass is 9.82. The largest absolute Gasteiger partial charge is 0.507 e. The minimum Gasteiger partial charge on any atom is -0.507 e. The Balaban J connectivity index is 1.38. The second-order valence-corrected chi connectivity index (χ2v) is 7.58. The summed E-state index contributed by atoms with van der Waals surface area (Å²) in [5.41, 5.74) is 2.40. The average Bonchev–Trinajstić information content (AvgIpc) is 3.28. The quantitative estimate of drug-likeness (QED) is 0.712. The number of aromatic hydroxyl groups is 1. The predicted molar refractivity (Wildman–Crippen MR) is 106 cm³/mol. The van der Waals surface area contributed by atoms with Crippen LogP contribution in [-0.4, -0.2) is 47.9 Å². The van der Waals surface area contributed by atoms with Crippen molar-refractivity contribution >= 4 is 6.08 Å². The second kappa shape index (κ2) is 7.36. The number of halogens is 1. The molecule has 3 aromatic rings. The van der Waals surface area contributed by atoms with Gasteiger partial charge in [0.05, 0.1) is 29.3 Å². The van der Waals surface area contributed by atoms with Crippen molar-refractivity contribution in [1.82, 2.24) is 29.8 Å². The van der Waals surface area contributed by atoms with Crippen molar-refractivity contribution in [3.63, 3.8) is 0 Å². The third-order valence-electron chi connectivity index (χ3n) is 5.62.